The Morgan fingerprint density at radius 1 is 1.14 bits per heavy atom. The van der Waals surface area contributed by atoms with Crippen LogP contribution in [0.15, 0.2) is 54.7 Å². The van der Waals surface area contributed by atoms with Crippen LogP contribution < -0.4 is 5.32 Å². The van der Waals surface area contributed by atoms with Gasteiger partial charge in [-0.15, -0.1) is 6.07 Å². The SMILES string of the molecule is N#Cc1c(-c2ccccc2-c2cc[c-]cc2F)nc2cc(C(=O)NC3CC(C(=O)O)C3)c(F)cn12.[Nd]. The van der Waals surface area contributed by atoms with Gasteiger partial charge in [0, 0.05) is 64.5 Å². The number of aromatic nitrogens is 2. The summed E-state index contributed by atoms with van der Waals surface area (Å²) in [7, 11) is 0. The monoisotopic (exact) mass is 613 g/mol. The van der Waals surface area contributed by atoms with Gasteiger partial charge in [-0.3, -0.25) is 18.4 Å². The molecule has 0 aliphatic heterocycles. The smallest absolute Gasteiger partial charge is 0.306 e. The number of carbonyl (C=O) groups excluding carboxylic acids is 1. The van der Waals surface area contributed by atoms with Crippen molar-refractivity contribution in [1.29, 1.82) is 5.26 Å². The molecule has 2 heterocycles. The molecule has 4 aromatic rings. The Morgan fingerprint density at radius 3 is 2.53 bits per heavy atom. The van der Waals surface area contributed by atoms with Crippen LogP contribution in [0.3, 0.4) is 0 Å². The minimum Gasteiger partial charge on any atom is -0.481 e. The Kier molecular flexibility index (Phi) is 7.47. The van der Waals surface area contributed by atoms with Crippen LogP contribution in [0.25, 0.3) is 28.0 Å². The number of nitriles is 1. The topological polar surface area (TPSA) is 107 Å². The Hall–Kier alpha value is -3.23. The predicted octanol–water partition coefficient (Wildman–Crippen LogP) is 4.21. The summed E-state index contributed by atoms with van der Waals surface area (Å²) in [6.45, 7) is 0. The number of carbonyl (C=O) groups is 2. The van der Waals surface area contributed by atoms with Crippen molar-refractivity contribution in [2.45, 2.75) is 18.9 Å². The number of nitrogens with zero attached hydrogens (tertiary/aromatic N) is 3. The van der Waals surface area contributed by atoms with E-state index < -0.39 is 29.4 Å². The number of imidazole rings is 1. The van der Waals surface area contributed by atoms with Crippen LogP contribution in [-0.4, -0.2) is 32.4 Å². The van der Waals surface area contributed by atoms with Crippen LogP contribution in [-0.2, 0) is 4.79 Å². The van der Waals surface area contributed by atoms with E-state index in [4.69, 9.17) is 5.11 Å². The van der Waals surface area contributed by atoms with Gasteiger partial charge in [0.05, 0.1) is 11.5 Å². The maximum Gasteiger partial charge on any atom is 0.306 e. The fraction of sp³-hybridized carbons (Fsp3) is 0.154. The van der Waals surface area contributed by atoms with E-state index in [1.54, 1.807) is 36.4 Å². The molecule has 0 radical (unpaired) electrons. The van der Waals surface area contributed by atoms with Gasteiger partial charge >= 0.3 is 5.97 Å². The summed E-state index contributed by atoms with van der Waals surface area (Å²) in [4.78, 5) is 28.1. The summed E-state index contributed by atoms with van der Waals surface area (Å²) >= 11 is 0. The molecule has 178 valence electrons. The number of rotatable bonds is 5. The largest absolute Gasteiger partial charge is 0.481 e. The fourth-order valence-corrected chi connectivity index (χ4v) is 4.29. The Balaban J connectivity index is 0.00000304. The third kappa shape index (κ3) is 4.63. The van der Waals surface area contributed by atoms with E-state index in [0.29, 0.717) is 16.7 Å². The van der Waals surface area contributed by atoms with Crippen molar-refractivity contribution < 1.29 is 64.3 Å². The van der Waals surface area contributed by atoms with E-state index >= 15 is 0 Å². The molecule has 0 atom stereocenters. The van der Waals surface area contributed by atoms with Crippen molar-refractivity contribution >= 4 is 17.5 Å². The molecule has 7 nitrogen and oxygen atoms in total. The average molecular weight is 616 g/mol. The number of fused-ring (bicyclic) bond motifs is 1. The van der Waals surface area contributed by atoms with Gasteiger partial charge in [0.25, 0.3) is 5.91 Å². The average Bonchev–Trinajstić information content (AvgIpc) is 3.17. The molecule has 0 spiro atoms. The van der Waals surface area contributed by atoms with E-state index in [2.05, 4.69) is 16.4 Å². The molecule has 0 unspecified atom stereocenters. The third-order valence-corrected chi connectivity index (χ3v) is 6.17. The number of benzene rings is 2. The number of hydrogen-bond donors (Lipinski definition) is 2. The van der Waals surface area contributed by atoms with Crippen LogP contribution in [0.5, 0.6) is 0 Å². The van der Waals surface area contributed by atoms with Crippen molar-refractivity contribution in [2.75, 3.05) is 0 Å². The fourth-order valence-electron chi connectivity index (χ4n) is 4.29. The molecule has 5 rings (SSSR count). The number of nitrogens with one attached hydrogen (secondary N) is 1. The first kappa shape index (κ1) is 25.9. The van der Waals surface area contributed by atoms with Crippen molar-refractivity contribution in [2.24, 2.45) is 5.92 Å². The van der Waals surface area contributed by atoms with Gasteiger partial charge in [-0.25, -0.2) is 9.37 Å². The predicted molar refractivity (Wildman–Crippen MR) is 121 cm³/mol. The molecule has 2 aromatic carbocycles. The molecule has 1 aliphatic rings. The number of pyridine rings is 1. The van der Waals surface area contributed by atoms with E-state index in [9.17, 15) is 23.6 Å². The summed E-state index contributed by atoms with van der Waals surface area (Å²) in [6, 6.07) is 16.8. The first-order chi connectivity index (χ1) is 16.9. The van der Waals surface area contributed by atoms with Crippen molar-refractivity contribution in [3.05, 3.63) is 83.7 Å². The van der Waals surface area contributed by atoms with Crippen molar-refractivity contribution in [3.63, 3.8) is 0 Å². The Bertz CT molecular complexity index is 1540. The second kappa shape index (κ2) is 10.4. The summed E-state index contributed by atoms with van der Waals surface area (Å²) in [5, 5.41) is 21.5. The number of carboxylic acids is 1. The second-order valence-corrected chi connectivity index (χ2v) is 8.31. The summed E-state index contributed by atoms with van der Waals surface area (Å²) in [6.07, 6.45) is 1.57. The van der Waals surface area contributed by atoms with Gasteiger partial charge in [-0.1, -0.05) is 29.8 Å². The molecule has 1 fully saturated rings. The second-order valence-electron chi connectivity index (χ2n) is 8.31. The number of aliphatic carboxylic acids is 1. The maximum atomic E-state index is 14.9. The van der Waals surface area contributed by atoms with Gasteiger partial charge in [0.1, 0.15) is 17.4 Å². The number of carboxylic acid groups (broad SMARTS) is 1. The standard InChI is InChI=1S/C26H17F2N4O3.Nd/c27-20-8-4-3-6-17(20)16-5-1-2-7-18(16)24-22(12-29)32-13-21(28)19(11-23(32)31-24)25(33)30-15-9-14(10-15)26(34)35;/h1-3,5-8,11,13-15H,9-10H2,(H,30,33)(H,34,35);/q-1;. The van der Waals surface area contributed by atoms with Crippen LogP contribution in [0.2, 0.25) is 0 Å². The van der Waals surface area contributed by atoms with E-state index in [1.807, 2.05) is 6.07 Å². The van der Waals surface area contributed by atoms with E-state index in [-0.39, 0.29) is 82.3 Å². The van der Waals surface area contributed by atoms with Crippen molar-refractivity contribution in [1.82, 2.24) is 14.7 Å². The Morgan fingerprint density at radius 2 is 1.86 bits per heavy atom. The molecule has 1 saturated carbocycles. The third-order valence-electron chi connectivity index (χ3n) is 6.17. The first-order valence-corrected chi connectivity index (χ1v) is 10.8. The number of amides is 1. The molecule has 1 aliphatic carbocycles. The van der Waals surface area contributed by atoms with Crippen LogP contribution in [0.4, 0.5) is 8.78 Å². The number of hydrogen-bond acceptors (Lipinski definition) is 4. The van der Waals surface area contributed by atoms with Gasteiger partial charge in [0.2, 0.25) is 0 Å². The molecule has 1 amide bonds. The molecule has 0 bridgehead atoms. The molecule has 36 heavy (non-hydrogen) atoms. The maximum absolute atomic E-state index is 14.9. The molecule has 2 N–H and O–H groups in total. The van der Waals surface area contributed by atoms with Crippen LogP contribution in [0.1, 0.15) is 28.9 Å². The van der Waals surface area contributed by atoms with Crippen LogP contribution >= 0.6 is 0 Å². The van der Waals surface area contributed by atoms with Gasteiger partial charge < -0.3 is 10.4 Å². The van der Waals surface area contributed by atoms with Gasteiger partial charge in [0.15, 0.2) is 11.5 Å². The zero-order valence-electron chi connectivity index (χ0n) is 18.6. The van der Waals surface area contributed by atoms with Crippen LogP contribution in [0, 0.1) is 75.8 Å². The minimum absolute atomic E-state index is 0. The molecular weight excluding hydrogens is 599 g/mol. The molecular formula is C26H17F2N4NdO3-. The molecule has 2 aromatic heterocycles. The zero-order chi connectivity index (χ0) is 24.7. The molecule has 0 saturated heterocycles. The minimum atomic E-state index is -0.925. The quantitative estimate of drug-likeness (QED) is 0.327. The first-order valence-electron chi connectivity index (χ1n) is 10.8. The summed E-state index contributed by atoms with van der Waals surface area (Å²) < 4.78 is 30.7. The van der Waals surface area contributed by atoms with Gasteiger partial charge in [-0.05, 0) is 24.5 Å². The normalized spacial score (nSPS) is 16.5. The zero-order valence-corrected chi connectivity index (χ0v) is 21.8. The van der Waals surface area contributed by atoms with Gasteiger partial charge in [-0.2, -0.15) is 23.5 Å². The van der Waals surface area contributed by atoms with E-state index in [0.717, 1.165) is 6.20 Å². The Labute approximate surface area is 237 Å². The van der Waals surface area contributed by atoms with Crippen molar-refractivity contribution in [3.8, 4) is 28.5 Å². The summed E-state index contributed by atoms with van der Waals surface area (Å²) in [5.41, 5.74) is 1.41. The van der Waals surface area contributed by atoms with E-state index in [1.165, 1.54) is 16.5 Å². The summed E-state index contributed by atoms with van der Waals surface area (Å²) in [5.74, 6) is -3.49. The number of halogens is 2. The molecule has 10 heteroatoms.